The van der Waals surface area contributed by atoms with Crippen LogP contribution in [0.3, 0.4) is 0 Å². The Hall–Kier alpha value is -3.70. The number of ether oxygens (including phenoxy) is 1. The summed E-state index contributed by atoms with van der Waals surface area (Å²) in [5, 5.41) is 0.573. The van der Waals surface area contributed by atoms with Crippen molar-refractivity contribution in [3.63, 3.8) is 0 Å². The number of fused-ring (bicyclic) bond motifs is 2. The van der Waals surface area contributed by atoms with Crippen LogP contribution >= 0.6 is 24.8 Å². The highest BCUT2D eigenvalue weighted by atomic mass is 35.5. The molecular weight excluding hydrogens is 617 g/mol. The number of carbonyl (C=O) groups is 2. The number of carbonyl (C=O) groups excluding carboxylic acids is 2. The van der Waals surface area contributed by atoms with Crippen LogP contribution in [0.2, 0.25) is 0 Å². The molecule has 1 aliphatic rings. The van der Waals surface area contributed by atoms with Gasteiger partial charge in [0.2, 0.25) is 11.8 Å². The van der Waals surface area contributed by atoms with Crippen LogP contribution in [0.4, 0.5) is 11.4 Å². The van der Waals surface area contributed by atoms with Gasteiger partial charge in [-0.3, -0.25) is 24.3 Å². The van der Waals surface area contributed by atoms with Gasteiger partial charge < -0.3 is 23.5 Å². The zero-order valence-electron chi connectivity index (χ0n) is 26.5. The summed E-state index contributed by atoms with van der Waals surface area (Å²) in [6.45, 7) is 10.1. The van der Waals surface area contributed by atoms with Gasteiger partial charge in [0.15, 0.2) is 0 Å². The number of pyridine rings is 2. The molecule has 1 aliphatic heterocycles. The smallest absolute Gasteiger partial charge is 0.261 e. The minimum Gasteiger partial charge on any atom is -0.461 e. The highest BCUT2D eigenvalue weighted by Gasteiger charge is 2.45. The first-order chi connectivity index (χ1) is 20.5. The fourth-order valence-corrected chi connectivity index (χ4v) is 5.66. The number of hydrogen-bond donors (Lipinski definition) is 0. The predicted octanol–water partition coefficient (Wildman–Crippen LogP) is 5.13. The van der Waals surface area contributed by atoms with Crippen LogP contribution < -0.4 is 15.4 Å². The topological polar surface area (TPSA) is 101 Å². The molecule has 0 atom stereocenters. The van der Waals surface area contributed by atoms with Gasteiger partial charge in [-0.05, 0) is 69.2 Å². The molecule has 4 heterocycles. The van der Waals surface area contributed by atoms with Gasteiger partial charge in [0, 0.05) is 65.0 Å². The number of methoxy groups -OCH3 is 1. The van der Waals surface area contributed by atoms with Crippen molar-refractivity contribution in [3.05, 3.63) is 87.8 Å². The SMILES string of the molecule is COCCN1C(=O)C(C)(C)C(=O)N(C)c2cc(CN(CCn3ccc4oc(C)cc4c3=O)Cc3cccnc3C)ccc21.Cl.Cl. The molecule has 0 bridgehead atoms. The Bertz CT molecular complexity index is 1730. The molecule has 2 amide bonds. The minimum absolute atomic E-state index is 0. The fraction of sp³-hybridized carbons (Fsp3) is 0.394. The van der Waals surface area contributed by atoms with Gasteiger partial charge in [0.1, 0.15) is 16.8 Å². The summed E-state index contributed by atoms with van der Waals surface area (Å²) < 4.78 is 12.6. The van der Waals surface area contributed by atoms with Gasteiger partial charge in [-0.2, -0.15) is 0 Å². The number of halogens is 2. The minimum atomic E-state index is -1.21. The maximum atomic E-state index is 13.5. The van der Waals surface area contributed by atoms with E-state index in [1.807, 2.05) is 44.2 Å². The van der Waals surface area contributed by atoms with Crippen molar-refractivity contribution in [1.29, 1.82) is 0 Å². The van der Waals surface area contributed by atoms with Gasteiger partial charge in [-0.25, -0.2) is 0 Å². The Kier molecular flexibility index (Phi) is 11.6. The number of hydrogen-bond acceptors (Lipinski definition) is 7. The van der Waals surface area contributed by atoms with Gasteiger partial charge in [0.05, 0.1) is 23.4 Å². The van der Waals surface area contributed by atoms with Gasteiger partial charge in [-0.1, -0.05) is 12.1 Å². The van der Waals surface area contributed by atoms with Crippen molar-refractivity contribution < 1.29 is 18.7 Å². The summed E-state index contributed by atoms with van der Waals surface area (Å²) in [5.41, 5.74) is 3.66. The highest BCUT2D eigenvalue weighted by molar-refractivity contribution is 6.20. The average molecular weight is 659 g/mol. The van der Waals surface area contributed by atoms with E-state index in [1.54, 1.807) is 60.8 Å². The third kappa shape index (κ3) is 7.25. The molecule has 0 fully saturated rings. The Labute approximate surface area is 275 Å². The molecule has 0 saturated carbocycles. The molecule has 0 aliphatic carbocycles. The number of amides is 2. The molecule has 0 N–H and O–H groups in total. The summed E-state index contributed by atoms with van der Waals surface area (Å²) in [5.74, 6) is 0.191. The second-order valence-corrected chi connectivity index (χ2v) is 11.7. The van der Waals surface area contributed by atoms with Crippen LogP contribution in [-0.2, 0) is 34.0 Å². The van der Waals surface area contributed by atoms with Gasteiger partial charge in [0.25, 0.3) is 5.56 Å². The molecule has 45 heavy (non-hydrogen) atoms. The third-order valence-corrected chi connectivity index (χ3v) is 8.18. The summed E-state index contributed by atoms with van der Waals surface area (Å²) >= 11 is 0. The van der Waals surface area contributed by atoms with Crippen LogP contribution in [0.1, 0.15) is 36.4 Å². The predicted molar refractivity (Wildman–Crippen MR) is 181 cm³/mol. The normalized spacial score (nSPS) is 14.3. The van der Waals surface area contributed by atoms with Crippen LogP contribution in [0.5, 0.6) is 0 Å². The number of rotatable bonds is 10. The van der Waals surface area contributed by atoms with Gasteiger partial charge in [-0.15, -0.1) is 24.8 Å². The van der Waals surface area contributed by atoms with Gasteiger partial charge >= 0.3 is 0 Å². The molecule has 0 radical (unpaired) electrons. The van der Waals surface area contributed by atoms with Crippen molar-refractivity contribution in [2.24, 2.45) is 5.41 Å². The highest BCUT2D eigenvalue weighted by Crippen LogP contribution is 2.39. The lowest BCUT2D eigenvalue weighted by Gasteiger charge is -2.28. The lowest BCUT2D eigenvalue weighted by atomic mass is 9.90. The van der Waals surface area contributed by atoms with Crippen LogP contribution in [-0.4, -0.2) is 60.1 Å². The quantitative estimate of drug-likeness (QED) is 0.218. The first-order valence-corrected chi connectivity index (χ1v) is 14.5. The lowest BCUT2D eigenvalue weighted by Crippen LogP contribution is -2.48. The summed E-state index contributed by atoms with van der Waals surface area (Å²) in [7, 11) is 3.31. The van der Waals surface area contributed by atoms with E-state index in [9.17, 15) is 14.4 Å². The largest absolute Gasteiger partial charge is 0.461 e. The van der Waals surface area contributed by atoms with E-state index in [1.165, 1.54) is 0 Å². The molecule has 10 nitrogen and oxygen atoms in total. The zero-order chi connectivity index (χ0) is 30.9. The molecule has 242 valence electrons. The molecule has 0 saturated heterocycles. The molecule has 12 heteroatoms. The molecule has 0 spiro atoms. The molecule has 1 aromatic carbocycles. The molecule has 4 aromatic rings. The standard InChI is InChI=1S/C33H39N5O5.2ClH/c1-22-18-26-29(43-22)11-13-37(30(26)39)15-14-36(21-25-8-7-12-34-23(25)2)20-24-9-10-27-28(19-24)35(5)31(40)33(3,4)32(41)38(27)16-17-42-6;;/h7-13,18-19H,14-17,20-21H2,1-6H3;2*1H. The monoisotopic (exact) mass is 657 g/mol. The third-order valence-electron chi connectivity index (χ3n) is 8.18. The van der Waals surface area contributed by atoms with Crippen molar-refractivity contribution in [1.82, 2.24) is 14.5 Å². The first-order valence-electron chi connectivity index (χ1n) is 14.5. The Morgan fingerprint density at radius 3 is 2.42 bits per heavy atom. The average Bonchev–Trinajstić information content (AvgIpc) is 3.36. The summed E-state index contributed by atoms with van der Waals surface area (Å²) in [4.78, 5) is 50.1. The Morgan fingerprint density at radius 2 is 1.71 bits per heavy atom. The number of nitrogens with zero attached hydrogens (tertiary/aromatic N) is 5. The Morgan fingerprint density at radius 1 is 0.956 bits per heavy atom. The van der Waals surface area contributed by atoms with Crippen molar-refractivity contribution in [3.8, 4) is 0 Å². The van der Waals surface area contributed by atoms with Crippen LogP contribution in [0.25, 0.3) is 11.0 Å². The van der Waals surface area contributed by atoms with E-state index in [0.29, 0.717) is 67.4 Å². The maximum absolute atomic E-state index is 13.5. The molecular formula is C33H41Cl2N5O5. The second kappa shape index (κ2) is 14.6. The van der Waals surface area contributed by atoms with E-state index in [4.69, 9.17) is 9.15 Å². The van der Waals surface area contributed by atoms with Crippen LogP contribution in [0, 0.1) is 19.3 Å². The number of anilines is 2. The number of aryl methyl sites for hydroxylation is 2. The van der Waals surface area contributed by atoms with E-state index in [-0.39, 0.29) is 42.2 Å². The zero-order valence-corrected chi connectivity index (χ0v) is 28.2. The number of aromatic nitrogens is 2. The molecule has 5 rings (SSSR count). The summed E-state index contributed by atoms with van der Waals surface area (Å²) in [6, 6.07) is 13.5. The van der Waals surface area contributed by atoms with Crippen LogP contribution in [0.15, 0.2) is 64.1 Å². The Balaban J connectivity index is 0.00000276. The number of furan rings is 1. The van der Waals surface area contributed by atoms with E-state index in [2.05, 4.69) is 16.0 Å². The first kappa shape index (κ1) is 35.8. The fourth-order valence-electron chi connectivity index (χ4n) is 5.66. The van der Waals surface area contributed by atoms with Crippen molar-refractivity contribution in [2.45, 2.75) is 47.3 Å². The molecule has 0 unspecified atom stereocenters. The lowest BCUT2D eigenvalue weighted by molar-refractivity contribution is -0.137. The van der Waals surface area contributed by atoms with E-state index in [0.717, 1.165) is 16.8 Å². The molecule has 3 aromatic heterocycles. The van der Waals surface area contributed by atoms with E-state index >= 15 is 0 Å². The maximum Gasteiger partial charge on any atom is 0.261 e. The number of benzene rings is 1. The summed E-state index contributed by atoms with van der Waals surface area (Å²) in [6.07, 6.45) is 3.56. The second-order valence-electron chi connectivity index (χ2n) is 11.7. The van der Waals surface area contributed by atoms with Crippen molar-refractivity contribution in [2.75, 3.05) is 43.7 Å². The van der Waals surface area contributed by atoms with E-state index < -0.39 is 5.41 Å². The van der Waals surface area contributed by atoms with Crippen molar-refractivity contribution >= 4 is 59.0 Å².